The van der Waals surface area contributed by atoms with Gasteiger partial charge in [-0.3, -0.25) is 0 Å². The first-order valence-corrected chi connectivity index (χ1v) is 6.02. The van der Waals surface area contributed by atoms with Crippen LogP contribution in [0.3, 0.4) is 0 Å². The highest BCUT2D eigenvalue weighted by molar-refractivity contribution is 5.91. The summed E-state index contributed by atoms with van der Waals surface area (Å²) in [4.78, 5) is 0. The van der Waals surface area contributed by atoms with E-state index in [1.165, 1.54) is 6.07 Å². The SMILES string of the molecule is CC.CC.Cc1ccc(F)c2oc(N)c(C#N)c12. The van der Waals surface area contributed by atoms with Gasteiger partial charge < -0.3 is 10.2 Å². The summed E-state index contributed by atoms with van der Waals surface area (Å²) in [5, 5.41) is 9.27. The lowest BCUT2D eigenvalue weighted by Crippen LogP contribution is -1.84. The number of fused-ring (bicyclic) bond motifs is 1. The van der Waals surface area contributed by atoms with Crippen molar-refractivity contribution in [2.24, 2.45) is 0 Å². The second-order valence-corrected chi connectivity index (χ2v) is 3.02. The fourth-order valence-corrected chi connectivity index (χ4v) is 1.46. The van der Waals surface area contributed by atoms with Gasteiger partial charge in [0.25, 0.3) is 0 Å². The topological polar surface area (TPSA) is 62.9 Å². The average Bonchev–Trinajstić information content (AvgIpc) is 2.76. The van der Waals surface area contributed by atoms with E-state index in [2.05, 4.69) is 0 Å². The van der Waals surface area contributed by atoms with E-state index < -0.39 is 5.82 Å². The number of nitriles is 1. The molecule has 0 atom stereocenters. The minimum absolute atomic E-state index is 0.0318. The van der Waals surface area contributed by atoms with E-state index in [4.69, 9.17) is 15.4 Å². The number of aryl methyl sites for hydroxylation is 1. The molecule has 1 aromatic carbocycles. The number of hydrogen-bond acceptors (Lipinski definition) is 3. The Hall–Kier alpha value is -2.02. The van der Waals surface area contributed by atoms with Crippen LogP contribution < -0.4 is 5.73 Å². The molecule has 2 aromatic rings. The molecule has 4 heteroatoms. The highest BCUT2D eigenvalue weighted by atomic mass is 19.1. The van der Waals surface area contributed by atoms with Gasteiger partial charge in [-0.1, -0.05) is 33.8 Å². The van der Waals surface area contributed by atoms with Crippen molar-refractivity contribution in [3.63, 3.8) is 0 Å². The van der Waals surface area contributed by atoms with E-state index in [0.717, 1.165) is 5.56 Å². The third-order valence-electron chi connectivity index (χ3n) is 2.14. The standard InChI is InChI=1S/C10H7FN2O.2C2H6/c1-5-2-3-7(11)9-8(5)6(4-12)10(13)14-9;2*1-2/h2-3H,13H2,1H3;2*1-2H3. The molecule has 0 amide bonds. The van der Waals surface area contributed by atoms with Gasteiger partial charge >= 0.3 is 0 Å². The molecule has 1 aromatic heterocycles. The lowest BCUT2D eigenvalue weighted by Gasteiger charge is -1.94. The minimum Gasteiger partial charge on any atom is -0.436 e. The van der Waals surface area contributed by atoms with Crippen molar-refractivity contribution >= 4 is 16.9 Å². The molecule has 2 rings (SSSR count). The quantitative estimate of drug-likeness (QED) is 0.754. The van der Waals surface area contributed by atoms with E-state index in [9.17, 15) is 4.39 Å². The molecule has 98 valence electrons. The molecule has 0 saturated heterocycles. The van der Waals surface area contributed by atoms with E-state index in [-0.39, 0.29) is 17.0 Å². The minimum atomic E-state index is -0.501. The number of nitrogens with zero attached hydrogens (tertiary/aromatic N) is 1. The van der Waals surface area contributed by atoms with Gasteiger partial charge in [0.15, 0.2) is 11.4 Å². The lowest BCUT2D eigenvalue weighted by molar-refractivity contribution is 0.571. The van der Waals surface area contributed by atoms with E-state index in [0.29, 0.717) is 5.39 Å². The Kier molecular flexibility index (Phi) is 6.51. The largest absolute Gasteiger partial charge is 0.436 e. The van der Waals surface area contributed by atoms with Crippen LogP contribution in [-0.4, -0.2) is 0 Å². The first-order chi connectivity index (χ1) is 8.65. The second-order valence-electron chi connectivity index (χ2n) is 3.02. The molecule has 0 fully saturated rings. The monoisotopic (exact) mass is 250 g/mol. The number of nitrogen functional groups attached to an aromatic ring is 1. The second kappa shape index (κ2) is 7.33. The Morgan fingerprint density at radius 1 is 1.22 bits per heavy atom. The molecule has 0 unspecified atom stereocenters. The van der Waals surface area contributed by atoms with Crippen molar-refractivity contribution < 1.29 is 8.81 Å². The molecule has 18 heavy (non-hydrogen) atoms. The van der Waals surface area contributed by atoms with Gasteiger partial charge in [0.05, 0.1) is 0 Å². The molecule has 0 radical (unpaired) electrons. The average molecular weight is 250 g/mol. The van der Waals surface area contributed by atoms with Crippen molar-refractivity contribution in [3.05, 3.63) is 29.1 Å². The molecule has 0 aliphatic rings. The summed E-state index contributed by atoms with van der Waals surface area (Å²) in [6.07, 6.45) is 0. The summed E-state index contributed by atoms with van der Waals surface area (Å²) >= 11 is 0. The zero-order chi connectivity index (χ0) is 14.3. The summed E-state index contributed by atoms with van der Waals surface area (Å²) in [5.74, 6) is -0.533. The van der Waals surface area contributed by atoms with Crippen LogP contribution >= 0.6 is 0 Å². The molecule has 2 N–H and O–H groups in total. The number of furan rings is 1. The zero-order valence-electron chi connectivity index (χ0n) is 11.5. The molecule has 0 aliphatic carbocycles. The van der Waals surface area contributed by atoms with Gasteiger partial charge in [-0.15, -0.1) is 0 Å². The summed E-state index contributed by atoms with van der Waals surface area (Å²) in [6.45, 7) is 9.78. The molecule has 0 bridgehead atoms. The van der Waals surface area contributed by atoms with Crippen molar-refractivity contribution in [1.82, 2.24) is 0 Å². The first kappa shape index (κ1) is 16.0. The van der Waals surface area contributed by atoms with Gasteiger partial charge in [0.2, 0.25) is 5.88 Å². The Morgan fingerprint density at radius 3 is 2.28 bits per heavy atom. The molecule has 1 heterocycles. The van der Waals surface area contributed by atoms with Gasteiger partial charge in [-0.05, 0) is 18.6 Å². The predicted octanol–water partition coefficient (Wildman–Crippen LogP) is 4.39. The van der Waals surface area contributed by atoms with Crippen molar-refractivity contribution in [1.29, 1.82) is 5.26 Å². The summed E-state index contributed by atoms with van der Waals surface area (Å²) < 4.78 is 18.2. The van der Waals surface area contributed by atoms with Crippen LogP contribution in [0.15, 0.2) is 16.5 Å². The summed E-state index contributed by atoms with van der Waals surface area (Å²) in [6, 6.07) is 4.79. The number of hydrogen-bond donors (Lipinski definition) is 1. The number of rotatable bonds is 0. The van der Waals surface area contributed by atoms with Crippen LogP contribution in [0.5, 0.6) is 0 Å². The maximum Gasteiger partial charge on any atom is 0.209 e. The number of benzene rings is 1. The van der Waals surface area contributed by atoms with Gasteiger partial charge in [0, 0.05) is 5.39 Å². The van der Waals surface area contributed by atoms with Crippen LogP contribution in [0.25, 0.3) is 11.0 Å². The third kappa shape index (κ3) is 2.80. The summed E-state index contributed by atoms with van der Waals surface area (Å²) in [5.41, 5.74) is 6.48. The van der Waals surface area contributed by atoms with E-state index in [1.54, 1.807) is 13.0 Å². The molecule has 0 saturated carbocycles. The number of anilines is 1. The predicted molar refractivity (Wildman–Crippen MR) is 72.7 cm³/mol. The lowest BCUT2D eigenvalue weighted by atomic mass is 10.1. The van der Waals surface area contributed by atoms with Crippen LogP contribution in [0, 0.1) is 24.1 Å². The Balaban J connectivity index is 0.000000659. The van der Waals surface area contributed by atoms with Crippen LogP contribution in [0.2, 0.25) is 0 Å². The van der Waals surface area contributed by atoms with Crippen molar-refractivity contribution in [2.75, 3.05) is 5.73 Å². The fourth-order valence-electron chi connectivity index (χ4n) is 1.46. The van der Waals surface area contributed by atoms with E-state index in [1.807, 2.05) is 33.8 Å². The summed E-state index contributed by atoms with van der Waals surface area (Å²) in [7, 11) is 0. The molecule has 0 spiro atoms. The molecule has 0 aliphatic heterocycles. The normalized spacial score (nSPS) is 8.72. The Labute approximate surface area is 107 Å². The van der Waals surface area contributed by atoms with Gasteiger partial charge in [-0.25, -0.2) is 4.39 Å². The molecular weight excluding hydrogens is 231 g/mol. The Bertz CT molecular complexity index is 553. The first-order valence-electron chi connectivity index (χ1n) is 6.02. The molecular formula is C14H19FN2O. The van der Waals surface area contributed by atoms with Gasteiger partial charge in [-0.2, -0.15) is 5.26 Å². The van der Waals surface area contributed by atoms with Crippen LogP contribution in [0.4, 0.5) is 10.3 Å². The highest BCUT2D eigenvalue weighted by Gasteiger charge is 2.16. The van der Waals surface area contributed by atoms with Crippen molar-refractivity contribution in [2.45, 2.75) is 34.6 Å². The molecule has 3 nitrogen and oxygen atoms in total. The fraction of sp³-hybridized carbons (Fsp3) is 0.357. The Morgan fingerprint density at radius 2 is 1.78 bits per heavy atom. The maximum absolute atomic E-state index is 13.2. The van der Waals surface area contributed by atoms with E-state index >= 15 is 0 Å². The smallest absolute Gasteiger partial charge is 0.209 e. The maximum atomic E-state index is 13.2. The number of halogens is 1. The zero-order valence-corrected chi connectivity index (χ0v) is 11.5. The van der Waals surface area contributed by atoms with Crippen LogP contribution in [0.1, 0.15) is 38.8 Å². The number of nitrogens with two attached hydrogens (primary N) is 1. The van der Waals surface area contributed by atoms with Crippen LogP contribution in [-0.2, 0) is 0 Å². The highest BCUT2D eigenvalue weighted by Crippen LogP contribution is 2.31. The third-order valence-corrected chi connectivity index (χ3v) is 2.14. The van der Waals surface area contributed by atoms with Gasteiger partial charge in [0.1, 0.15) is 11.6 Å². The van der Waals surface area contributed by atoms with Crippen molar-refractivity contribution in [3.8, 4) is 6.07 Å².